The average Bonchev–Trinajstić information content (AvgIpc) is 2.97. The number of ether oxygens (including phenoxy) is 2. The smallest absolute Gasteiger partial charge is 0.295 e. The van der Waals surface area contributed by atoms with Crippen LogP contribution >= 0.6 is 0 Å². The predicted octanol–water partition coefficient (Wildman–Crippen LogP) is 3.07. The van der Waals surface area contributed by atoms with Crippen molar-refractivity contribution in [3.63, 3.8) is 0 Å². The molecule has 6 heteroatoms. The molecule has 1 saturated heterocycles. The Labute approximate surface area is 164 Å². The van der Waals surface area contributed by atoms with E-state index in [0.717, 1.165) is 5.56 Å². The third kappa shape index (κ3) is 3.64. The molecule has 1 aliphatic rings. The molecule has 0 unspecified atom stereocenters. The molecule has 0 bridgehead atoms. The molecule has 146 valence electrons. The van der Waals surface area contributed by atoms with Crippen LogP contribution < -0.4 is 4.74 Å². The Kier molecular flexibility index (Phi) is 5.80. The van der Waals surface area contributed by atoms with E-state index in [1.54, 1.807) is 43.5 Å². The minimum Gasteiger partial charge on any atom is -0.507 e. The number of aliphatic hydroxyl groups is 1. The first kappa shape index (κ1) is 19.6. The second-order valence-electron chi connectivity index (χ2n) is 6.63. The Hall–Kier alpha value is -3.12. The Balaban J connectivity index is 2.16. The number of aliphatic hydroxyl groups excluding tert-OH is 1. The topological polar surface area (TPSA) is 76.1 Å². The van der Waals surface area contributed by atoms with E-state index >= 15 is 0 Å². The molecule has 1 amide bonds. The van der Waals surface area contributed by atoms with Crippen molar-refractivity contribution in [2.45, 2.75) is 13.0 Å². The van der Waals surface area contributed by atoms with E-state index in [2.05, 4.69) is 0 Å². The summed E-state index contributed by atoms with van der Waals surface area (Å²) >= 11 is 0. The van der Waals surface area contributed by atoms with Gasteiger partial charge in [-0.2, -0.15) is 0 Å². The quantitative estimate of drug-likeness (QED) is 0.473. The van der Waals surface area contributed by atoms with Gasteiger partial charge >= 0.3 is 0 Å². The standard InChI is InChI=1S/C22H23NO5/c1-14-7-9-15(10-8-14)20(24)18-19(16-5-4-6-17(13-16)28-3)23(11-12-27-2)22(26)21(18)25/h4-10,13,19,24H,11-12H2,1-3H3/b20-18+/t19-/m0/s1. The maximum atomic E-state index is 12.8. The highest BCUT2D eigenvalue weighted by Gasteiger charge is 2.45. The van der Waals surface area contributed by atoms with Crippen molar-refractivity contribution in [3.05, 3.63) is 70.8 Å². The van der Waals surface area contributed by atoms with Crippen LogP contribution in [0.25, 0.3) is 5.76 Å². The number of nitrogens with zero attached hydrogens (tertiary/aromatic N) is 1. The van der Waals surface area contributed by atoms with Crippen molar-refractivity contribution in [3.8, 4) is 5.75 Å². The number of hydrogen-bond acceptors (Lipinski definition) is 5. The Bertz CT molecular complexity index is 917. The van der Waals surface area contributed by atoms with Gasteiger partial charge in [0.05, 0.1) is 25.3 Å². The summed E-state index contributed by atoms with van der Waals surface area (Å²) in [5.41, 5.74) is 2.27. The number of ketones is 1. The number of carbonyl (C=O) groups excluding carboxylic acids is 2. The molecule has 2 aromatic rings. The highest BCUT2D eigenvalue weighted by atomic mass is 16.5. The van der Waals surface area contributed by atoms with Gasteiger partial charge in [-0.05, 0) is 24.6 Å². The number of rotatable bonds is 6. The van der Waals surface area contributed by atoms with Crippen LogP contribution in [0.1, 0.15) is 22.7 Å². The van der Waals surface area contributed by atoms with Gasteiger partial charge in [0.1, 0.15) is 11.5 Å². The zero-order valence-electron chi connectivity index (χ0n) is 16.1. The van der Waals surface area contributed by atoms with E-state index in [0.29, 0.717) is 16.9 Å². The summed E-state index contributed by atoms with van der Waals surface area (Å²) in [6.45, 7) is 2.44. The van der Waals surface area contributed by atoms with Crippen LogP contribution in [-0.2, 0) is 14.3 Å². The second kappa shape index (κ2) is 8.27. The van der Waals surface area contributed by atoms with Crippen molar-refractivity contribution < 1.29 is 24.2 Å². The van der Waals surface area contributed by atoms with E-state index in [1.807, 2.05) is 19.1 Å². The number of hydrogen-bond donors (Lipinski definition) is 1. The van der Waals surface area contributed by atoms with Gasteiger partial charge in [-0.25, -0.2) is 0 Å². The highest BCUT2D eigenvalue weighted by Crippen LogP contribution is 2.40. The number of aryl methyl sites for hydroxylation is 1. The van der Waals surface area contributed by atoms with Crippen LogP contribution in [0, 0.1) is 6.92 Å². The van der Waals surface area contributed by atoms with Crippen molar-refractivity contribution in [1.82, 2.24) is 4.90 Å². The van der Waals surface area contributed by atoms with Gasteiger partial charge < -0.3 is 19.5 Å². The lowest BCUT2D eigenvalue weighted by Gasteiger charge is -2.25. The maximum absolute atomic E-state index is 12.8. The molecule has 1 N–H and O–H groups in total. The molecule has 3 rings (SSSR count). The monoisotopic (exact) mass is 381 g/mol. The number of likely N-dealkylation sites (tertiary alicyclic amines) is 1. The SMILES string of the molecule is COCCN1C(=O)C(=O)/C(=C(/O)c2ccc(C)cc2)[C@@H]1c1cccc(OC)c1. The zero-order valence-corrected chi connectivity index (χ0v) is 16.1. The molecule has 0 aromatic heterocycles. The fourth-order valence-corrected chi connectivity index (χ4v) is 3.33. The van der Waals surface area contributed by atoms with Crippen LogP contribution in [0.3, 0.4) is 0 Å². The fourth-order valence-electron chi connectivity index (χ4n) is 3.33. The van der Waals surface area contributed by atoms with Crippen LogP contribution in [-0.4, -0.2) is 49.1 Å². The summed E-state index contributed by atoms with van der Waals surface area (Å²) in [5, 5.41) is 10.9. The van der Waals surface area contributed by atoms with Gasteiger partial charge in [-0.15, -0.1) is 0 Å². The van der Waals surface area contributed by atoms with Crippen molar-refractivity contribution >= 4 is 17.4 Å². The van der Waals surface area contributed by atoms with Gasteiger partial charge in [0.25, 0.3) is 11.7 Å². The van der Waals surface area contributed by atoms with Gasteiger partial charge in [-0.3, -0.25) is 9.59 Å². The molecule has 6 nitrogen and oxygen atoms in total. The lowest BCUT2D eigenvalue weighted by molar-refractivity contribution is -0.140. The number of amides is 1. The van der Waals surface area contributed by atoms with E-state index < -0.39 is 17.7 Å². The van der Waals surface area contributed by atoms with E-state index in [-0.39, 0.29) is 24.5 Å². The molecule has 0 aliphatic carbocycles. The van der Waals surface area contributed by atoms with E-state index in [9.17, 15) is 14.7 Å². The molecule has 28 heavy (non-hydrogen) atoms. The summed E-state index contributed by atoms with van der Waals surface area (Å²) in [7, 11) is 3.08. The lowest BCUT2D eigenvalue weighted by atomic mass is 9.95. The fraction of sp³-hybridized carbons (Fsp3) is 0.273. The minimum absolute atomic E-state index is 0.0678. The third-order valence-electron chi connectivity index (χ3n) is 4.81. The van der Waals surface area contributed by atoms with E-state index in [4.69, 9.17) is 9.47 Å². The third-order valence-corrected chi connectivity index (χ3v) is 4.81. The Morgan fingerprint density at radius 2 is 1.82 bits per heavy atom. The lowest BCUT2D eigenvalue weighted by Crippen LogP contribution is -2.32. The number of carbonyl (C=O) groups is 2. The molecule has 1 atom stereocenters. The van der Waals surface area contributed by atoms with Gasteiger partial charge in [0.2, 0.25) is 0 Å². The zero-order chi connectivity index (χ0) is 20.3. The number of benzene rings is 2. The van der Waals surface area contributed by atoms with Gasteiger partial charge in [0.15, 0.2) is 0 Å². The second-order valence-corrected chi connectivity index (χ2v) is 6.63. The van der Waals surface area contributed by atoms with E-state index in [1.165, 1.54) is 12.0 Å². The minimum atomic E-state index is -0.716. The average molecular weight is 381 g/mol. The number of Topliss-reactive ketones (excluding diaryl/α,β-unsaturated/α-hetero) is 1. The first-order valence-electron chi connectivity index (χ1n) is 8.96. The van der Waals surface area contributed by atoms with Crippen LogP contribution in [0.15, 0.2) is 54.1 Å². The Morgan fingerprint density at radius 1 is 1.11 bits per heavy atom. The summed E-state index contributed by atoms with van der Waals surface area (Å²) in [6, 6.07) is 13.6. The highest BCUT2D eigenvalue weighted by molar-refractivity contribution is 6.46. The maximum Gasteiger partial charge on any atom is 0.295 e. The van der Waals surface area contributed by atoms with Crippen LogP contribution in [0.4, 0.5) is 0 Å². The molecule has 0 spiro atoms. The van der Waals surface area contributed by atoms with Gasteiger partial charge in [0, 0.05) is 19.2 Å². The molecular formula is C22H23NO5. The van der Waals surface area contributed by atoms with Gasteiger partial charge in [-0.1, -0.05) is 42.0 Å². The summed E-state index contributed by atoms with van der Waals surface area (Å²) in [5.74, 6) is -0.947. The normalized spacial score (nSPS) is 18.5. The van der Waals surface area contributed by atoms with Crippen molar-refractivity contribution in [2.24, 2.45) is 0 Å². The summed E-state index contributed by atoms with van der Waals surface area (Å²) in [6.07, 6.45) is 0. The first-order valence-corrected chi connectivity index (χ1v) is 8.96. The van der Waals surface area contributed by atoms with Crippen molar-refractivity contribution in [2.75, 3.05) is 27.4 Å². The largest absolute Gasteiger partial charge is 0.507 e. The van der Waals surface area contributed by atoms with Crippen molar-refractivity contribution in [1.29, 1.82) is 0 Å². The molecular weight excluding hydrogens is 358 g/mol. The molecule has 1 aliphatic heterocycles. The van der Waals surface area contributed by atoms with Crippen LogP contribution in [0.2, 0.25) is 0 Å². The Morgan fingerprint density at radius 3 is 2.46 bits per heavy atom. The summed E-state index contributed by atoms with van der Waals surface area (Å²) < 4.78 is 10.4. The first-order chi connectivity index (χ1) is 13.5. The molecule has 1 fully saturated rings. The predicted molar refractivity (Wildman–Crippen MR) is 105 cm³/mol. The molecule has 0 saturated carbocycles. The number of methoxy groups -OCH3 is 2. The molecule has 2 aromatic carbocycles. The molecule has 0 radical (unpaired) electrons. The van der Waals surface area contributed by atoms with Crippen LogP contribution in [0.5, 0.6) is 5.75 Å². The molecule has 1 heterocycles. The summed E-state index contributed by atoms with van der Waals surface area (Å²) in [4.78, 5) is 26.9.